The second kappa shape index (κ2) is 5.98. The molecule has 3 aliphatic heterocycles. The summed E-state index contributed by atoms with van der Waals surface area (Å²) in [6.07, 6.45) is 3.42. The van der Waals surface area contributed by atoms with Crippen molar-refractivity contribution in [2.75, 3.05) is 0 Å². The number of phenols is 2. The van der Waals surface area contributed by atoms with E-state index >= 15 is 0 Å². The second-order valence-electron chi connectivity index (χ2n) is 8.81. The highest BCUT2D eigenvalue weighted by Gasteiger charge is 2.36. The minimum Gasteiger partial charge on any atom is -0.507 e. The van der Waals surface area contributed by atoms with Crippen LogP contribution in [0.15, 0.2) is 68.0 Å². The Morgan fingerprint density at radius 1 is 0.633 bits per heavy atom. The Bertz CT molecular complexity index is 1160. The van der Waals surface area contributed by atoms with Crippen LogP contribution in [-0.4, -0.2) is 34.1 Å². The lowest BCUT2D eigenvalue weighted by molar-refractivity contribution is 0.453. The number of rotatable bonds is 0. The second-order valence-corrected chi connectivity index (χ2v) is 8.81. The number of hydrogen-bond acceptors (Lipinski definition) is 6. The molecule has 2 N–H and O–H groups in total. The first-order valence-electron chi connectivity index (χ1n) is 9.87. The summed E-state index contributed by atoms with van der Waals surface area (Å²) in [5, 5.41) is 22.5. The summed E-state index contributed by atoms with van der Waals surface area (Å²) in [5.41, 5.74) is 2.75. The molecule has 0 amide bonds. The van der Waals surface area contributed by atoms with E-state index in [2.05, 4.69) is 20.0 Å². The SMILES string of the molecule is CC1(C)C2=NC(=C3N=CC(=N3)C(C)(C)c3cccc(c3O)-c3cccc1c3O)N=C2. The fourth-order valence-electron chi connectivity index (χ4n) is 4.21. The lowest BCUT2D eigenvalue weighted by Crippen LogP contribution is -2.29. The molecule has 0 radical (unpaired) electrons. The maximum Gasteiger partial charge on any atom is 0.198 e. The quantitative estimate of drug-likeness (QED) is 0.684. The molecule has 0 aromatic heterocycles. The van der Waals surface area contributed by atoms with Gasteiger partial charge in [0.1, 0.15) is 11.5 Å². The van der Waals surface area contributed by atoms with Crippen LogP contribution < -0.4 is 0 Å². The van der Waals surface area contributed by atoms with Gasteiger partial charge >= 0.3 is 0 Å². The molecule has 2 aromatic rings. The van der Waals surface area contributed by atoms with Crippen molar-refractivity contribution in [3.63, 3.8) is 0 Å². The molecule has 0 aliphatic carbocycles. The van der Waals surface area contributed by atoms with Gasteiger partial charge in [0.15, 0.2) is 11.6 Å². The Balaban J connectivity index is 1.89. The van der Waals surface area contributed by atoms with E-state index in [0.717, 1.165) is 0 Å². The third-order valence-electron chi connectivity index (χ3n) is 6.26. The highest BCUT2D eigenvalue weighted by molar-refractivity contribution is 6.37. The summed E-state index contributed by atoms with van der Waals surface area (Å²) >= 11 is 0. The van der Waals surface area contributed by atoms with Crippen molar-refractivity contribution in [2.24, 2.45) is 20.0 Å². The molecule has 0 atom stereocenters. The fraction of sp³-hybridized carbons (Fsp3) is 0.250. The maximum absolute atomic E-state index is 11.2. The van der Waals surface area contributed by atoms with Crippen LogP contribution in [0.2, 0.25) is 0 Å². The van der Waals surface area contributed by atoms with Crippen molar-refractivity contribution >= 4 is 23.9 Å². The average molecular weight is 398 g/mol. The summed E-state index contributed by atoms with van der Waals surface area (Å²) < 4.78 is 0. The third-order valence-corrected chi connectivity index (χ3v) is 6.26. The molecule has 3 aliphatic rings. The average Bonchev–Trinajstić information content (AvgIpc) is 3.38. The van der Waals surface area contributed by atoms with Gasteiger partial charge in [-0.2, -0.15) is 0 Å². The van der Waals surface area contributed by atoms with E-state index in [1.54, 1.807) is 12.4 Å². The van der Waals surface area contributed by atoms with Crippen LogP contribution in [0.3, 0.4) is 0 Å². The smallest absolute Gasteiger partial charge is 0.198 e. The Kier molecular flexibility index (Phi) is 3.69. The van der Waals surface area contributed by atoms with Crippen LogP contribution in [0.1, 0.15) is 38.8 Å². The van der Waals surface area contributed by atoms with E-state index < -0.39 is 10.8 Å². The van der Waals surface area contributed by atoms with Gasteiger partial charge in [0.2, 0.25) is 0 Å². The number of phenolic OH excluding ortho intramolecular Hbond substituents is 2. The van der Waals surface area contributed by atoms with Crippen LogP contribution in [-0.2, 0) is 10.8 Å². The molecule has 0 spiro atoms. The van der Waals surface area contributed by atoms with Gasteiger partial charge in [0.25, 0.3) is 0 Å². The van der Waals surface area contributed by atoms with E-state index in [4.69, 9.17) is 0 Å². The summed E-state index contributed by atoms with van der Waals surface area (Å²) in [4.78, 5) is 18.3. The molecule has 2 aromatic carbocycles. The first kappa shape index (κ1) is 18.5. The Labute approximate surface area is 174 Å². The zero-order valence-corrected chi connectivity index (χ0v) is 17.3. The molecule has 6 heteroatoms. The fourth-order valence-corrected chi connectivity index (χ4v) is 4.21. The van der Waals surface area contributed by atoms with E-state index in [-0.39, 0.29) is 11.5 Å². The minimum atomic E-state index is -0.614. The van der Waals surface area contributed by atoms with Crippen molar-refractivity contribution in [3.05, 3.63) is 59.2 Å². The van der Waals surface area contributed by atoms with Crippen molar-refractivity contribution in [1.29, 1.82) is 0 Å². The number of hydrogen-bond donors (Lipinski definition) is 2. The third kappa shape index (κ3) is 2.43. The van der Waals surface area contributed by atoms with Crippen molar-refractivity contribution < 1.29 is 10.2 Å². The Morgan fingerprint density at radius 2 is 1.03 bits per heavy atom. The Morgan fingerprint density at radius 3 is 1.43 bits per heavy atom. The largest absolute Gasteiger partial charge is 0.507 e. The number of para-hydroxylation sites is 2. The first-order chi connectivity index (χ1) is 14.2. The van der Waals surface area contributed by atoms with Crippen LogP contribution >= 0.6 is 0 Å². The van der Waals surface area contributed by atoms with Crippen LogP contribution in [0, 0.1) is 0 Å². The van der Waals surface area contributed by atoms with Gasteiger partial charge in [-0.25, -0.2) is 20.0 Å². The standard InChI is InChI=1S/C24H22N4O2/c1-23(2)15-9-5-7-13(19(15)29)14-8-6-10-16(20(14)30)24(3,4)18-12-26-22(28-18)21-25-11-17(23)27-21/h5-12,29-30H,1-4H3. The molecule has 30 heavy (non-hydrogen) atoms. The lowest BCUT2D eigenvalue weighted by Gasteiger charge is -2.28. The highest BCUT2D eigenvalue weighted by atomic mass is 16.3. The zero-order chi connectivity index (χ0) is 21.3. The topological polar surface area (TPSA) is 89.9 Å². The zero-order valence-electron chi connectivity index (χ0n) is 17.3. The van der Waals surface area contributed by atoms with Crippen LogP contribution in [0.5, 0.6) is 11.5 Å². The highest BCUT2D eigenvalue weighted by Crippen LogP contribution is 2.46. The first-order valence-corrected chi connectivity index (χ1v) is 9.87. The molecule has 0 saturated carbocycles. The monoisotopic (exact) mass is 398 g/mol. The number of nitrogens with zero attached hydrogens (tertiary/aromatic N) is 4. The predicted octanol–water partition coefficient (Wildman–Crippen LogP) is 4.51. The minimum absolute atomic E-state index is 0.124. The molecule has 0 saturated heterocycles. The van der Waals surface area contributed by atoms with Crippen LogP contribution in [0.4, 0.5) is 0 Å². The number of fused-ring (bicyclic) bond motifs is 7. The van der Waals surface area contributed by atoms with Crippen LogP contribution in [0.25, 0.3) is 11.1 Å². The van der Waals surface area contributed by atoms with Crippen molar-refractivity contribution in [1.82, 2.24) is 0 Å². The maximum atomic E-state index is 11.2. The van der Waals surface area contributed by atoms with Gasteiger partial charge in [0, 0.05) is 33.1 Å². The predicted molar refractivity (Wildman–Crippen MR) is 120 cm³/mol. The number of benzene rings is 2. The molecule has 150 valence electrons. The van der Waals surface area contributed by atoms with Gasteiger partial charge in [0.05, 0.1) is 23.9 Å². The normalized spacial score (nSPS) is 20.1. The molecule has 0 unspecified atom stereocenters. The van der Waals surface area contributed by atoms with Crippen molar-refractivity contribution in [2.45, 2.75) is 38.5 Å². The molecular formula is C24H22N4O2. The molecule has 8 bridgehead atoms. The Hall–Kier alpha value is -3.54. The summed E-state index contributed by atoms with van der Waals surface area (Å²) in [5.74, 6) is 1.15. The molecule has 6 nitrogen and oxygen atoms in total. The number of aromatic hydroxyl groups is 2. The summed E-state index contributed by atoms with van der Waals surface area (Å²) in [6, 6.07) is 11.2. The molecule has 3 heterocycles. The van der Waals surface area contributed by atoms with E-state index in [1.165, 1.54) is 0 Å². The summed E-state index contributed by atoms with van der Waals surface area (Å²) in [6.45, 7) is 7.95. The molecule has 5 rings (SSSR count). The van der Waals surface area contributed by atoms with Gasteiger partial charge < -0.3 is 10.2 Å². The van der Waals surface area contributed by atoms with Gasteiger partial charge in [-0.15, -0.1) is 0 Å². The molecule has 0 fully saturated rings. The van der Waals surface area contributed by atoms with E-state index in [0.29, 0.717) is 45.3 Å². The lowest BCUT2D eigenvalue weighted by atomic mass is 9.77. The van der Waals surface area contributed by atoms with Gasteiger partial charge in [-0.05, 0) is 27.7 Å². The van der Waals surface area contributed by atoms with E-state index in [1.807, 2.05) is 64.1 Å². The summed E-state index contributed by atoms with van der Waals surface area (Å²) in [7, 11) is 0. The van der Waals surface area contributed by atoms with Gasteiger partial charge in [-0.1, -0.05) is 36.4 Å². The van der Waals surface area contributed by atoms with E-state index in [9.17, 15) is 10.2 Å². The number of aliphatic imine (C=N–C) groups is 4. The molecular weight excluding hydrogens is 376 g/mol. The van der Waals surface area contributed by atoms with Gasteiger partial charge in [-0.3, -0.25) is 0 Å². The van der Waals surface area contributed by atoms with Crippen molar-refractivity contribution in [3.8, 4) is 22.6 Å².